The molecule has 0 aliphatic carbocycles. The number of amides is 1. The molecule has 0 saturated carbocycles. The van der Waals surface area contributed by atoms with Crippen LogP contribution in [-0.4, -0.2) is 33.8 Å². The van der Waals surface area contributed by atoms with E-state index in [1.807, 2.05) is 98.0 Å². The number of rotatable bonds is 10. The van der Waals surface area contributed by atoms with Crippen LogP contribution in [0.5, 0.6) is 0 Å². The van der Waals surface area contributed by atoms with Crippen LogP contribution in [0.3, 0.4) is 0 Å². The highest BCUT2D eigenvalue weighted by Gasteiger charge is 2.21. The van der Waals surface area contributed by atoms with Gasteiger partial charge in [-0.1, -0.05) is 90.1 Å². The standard InChI is InChI=1S/C29H29N3O3S/c1-3-35-28(34)18-25(22-16-14-21(2)15-17-22)31-27(33)20-36-29-30-19-26(23-10-6-4-7-11-23)32(29)24-12-8-5-9-13-24/h4-17,19,25H,3,18,20H2,1-2H3,(H,31,33)/t25-/m0/s1. The Hall–Kier alpha value is -3.84. The summed E-state index contributed by atoms with van der Waals surface area (Å²) in [7, 11) is 0. The van der Waals surface area contributed by atoms with Crippen LogP contribution in [0.25, 0.3) is 16.9 Å². The quantitative estimate of drug-likeness (QED) is 0.222. The minimum atomic E-state index is -0.466. The van der Waals surface area contributed by atoms with Gasteiger partial charge in [-0.05, 0) is 31.5 Å². The third kappa shape index (κ3) is 6.43. The number of aryl methyl sites for hydroxylation is 1. The predicted octanol–water partition coefficient (Wildman–Crippen LogP) is 5.75. The Bertz CT molecular complexity index is 1290. The van der Waals surface area contributed by atoms with Crippen LogP contribution in [0.1, 0.15) is 30.5 Å². The number of aromatic nitrogens is 2. The molecule has 36 heavy (non-hydrogen) atoms. The minimum absolute atomic E-state index is 0.0735. The maximum atomic E-state index is 13.0. The first kappa shape index (κ1) is 25.3. The van der Waals surface area contributed by atoms with E-state index in [1.165, 1.54) is 11.8 Å². The topological polar surface area (TPSA) is 73.2 Å². The van der Waals surface area contributed by atoms with E-state index < -0.39 is 6.04 Å². The number of esters is 1. The van der Waals surface area contributed by atoms with Gasteiger partial charge < -0.3 is 10.1 Å². The second-order valence-corrected chi connectivity index (χ2v) is 9.23. The Labute approximate surface area is 215 Å². The summed E-state index contributed by atoms with van der Waals surface area (Å²) >= 11 is 1.36. The number of ether oxygens (including phenoxy) is 1. The molecule has 1 amide bonds. The van der Waals surface area contributed by atoms with Gasteiger partial charge in [0.2, 0.25) is 5.91 Å². The van der Waals surface area contributed by atoms with Crippen molar-refractivity contribution >= 4 is 23.6 Å². The number of imidazole rings is 1. The summed E-state index contributed by atoms with van der Waals surface area (Å²) in [6.45, 7) is 4.07. The van der Waals surface area contributed by atoms with Crippen LogP contribution < -0.4 is 5.32 Å². The van der Waals surface area contributed by atoms with Crippen LogP contribution in [0.2, 0.25) is 0 Å². The number of carbonyl (C=O) groups is 2. The van der Waals surface area contributed by atoms with Gasteiger partial charge in [0.05, 0.1) is 36.7 Å². The maximum absolute atomic E-state index is 13.0. The van der Waals surface area contributed by atoms with Crippen LogP contribution in [-0.2, 0) is 14.3 Å². The molecule has 1 aromatic heterocycles. The first-order valence-corrected chi connectivity index (χ1v) is 12.9. The van der Waals surface area contributed by atoms with Crippen LogP contribution >= 0.6 is 11.8 Å². The third-order valence-electron chi connectivity index (χ3n) is 5.64. The molecule has 4 rings (SSSR count). The summed E-state index contributed by atoms with van der Waals surface area (Å²) in [5.41, 5.74) is 4.93. The van der Waals surface area contributed by atoms with Crippen molar-refractivity contribution in [3.05, 3.63) is 102 Å². The number of nitrogens with zero attached hydrogens (tertiary/aromatic N) is 2. The Kier molecular flexibility index (Phi) is 8.57. The Morgan fingerprint density at radius 3 is 2.31 bits per heavy atom. The summed E-state index contributed by atoms with van der Waals surface area (Å²) in [5.74, 6) is -0.370. The molecular weight excluding hydrogens is 470 g/mol. The summed E-state index contributed by atoms with van der Waals surface area (Å²) in [6.07, 6.45) is 1.91. The molecule has 184 valence electrons. The zero-order chi connectivity index (χ0) is 25.3. The van der Waals surface area contributed by atoms with Crippen molar-refractivity contribution in [2.45, 2.75) is 31.5 Å². The molecule has 0 saturated heterocycles. The highest BCUT2D eigenvalue weighted by molar-refractivity contribution is 7.99. The van der Waals surface area contributed by atoms with Crippen molar-refractivity contribution in [2.75, 3.05) is 12.4 Å². The number of hydrogen-bond acceptors (Lipinski definition) is 5. The molecule has 4 aromatic rings. The van der Waals surface area contributed by atoms with E-state index in [4.69, 9.17) is 4.74 Å². The fourth-order valence-corrected chi connectivity index (χ4v) is 4.68. The molecular formula is C29H29N3O3S. The molecule has 1 atom stereocenters. The molecule has 0 fully saturated rings. The fourth-order valence-electron chi connectivity index (χ4n) is 3.88. The highest BCUT2D eigenvalue weighted by atomic mass is 32.2. The van der Waals surface area contributed by atoms with Crippen molar-refractivity contribution < 1.29 is 14.3 Å². The Morgan fingerprint density at radius 2 is 1.64 bits per heavy atom. The number of benzene rings is 3. The molecule has 7 heteroatoms. The highest BCUT2D eigenvalue weighted by Crippen LogP contribution is 2.30. The second kappa shape index (κ2) is 12.2. The molecule has 1 N–H and O–H groups in total. The van der Waals surface area contributed by atoms with Gasteiger partial charge in [0, 0.05) is 11.3 Å². The zero-order valence-corrected chi connectivity index (χ0v) is 21.2. The average molecular weight is 500 g/mol. The average Bonchev–Trinajstić information content (AvgIpc) is 3.33. The molecule has 0 bridgehead atoms. The van der Waals surface area contributed by atoms with Gasteiger partial charge in [-0.2, -0.15) is 0 Å². The van der Waals surface area contributed by atoms with Gasteiger partial charge in [0.25, 0.3) is 0 Å². The summed E-state index contributed by atoms with van der Waals surface area (Å²) < 4.78 is 7.19. The largest absolute Gasteiger partial charge is 0.466 e. The van der Waals surface area contributed by atoms with Crippen LogP contribution in [0.4, 0.5) is 0 Å². The van der Waals surface area contributed by atoms with E-state index in [0.717, 1.165) is 28.1 Å². The fraction of sp³-hybridized carbons (Fsp3) is 0.207. The van der Waals surface area contributed by atoms with E-state index in [0.29, 0.717) is 11.8 Å². The van der Waals surface area contributed by atoms with Gasteiger partial charge in [-0.15, -0.1) is 0 Å². The molecule has 0 aliphatic rings. The number of thioether (sulfide) groups is 1. The molecule has 6 nitrogen and oxygen atoms in total. The van der Waals surface area contributed by atoms with E-state index >= 15 is 0 Å². The lowest BCUT2D eigenvalue weighted by Crippen LogP contribution is -2.32. The predicted molar refractivity (Wildman–Crippen MR) is 143 cm³/mol. The molecule has 0 spiro atoms. The van der Waals surface area contributed by atoms with Crippen molar-refractivity contribution in [3.8, 4) is 16.9 Å². The number of nitrogens with one attached hydrogen (secondary N) is 1. The molecule has 1 heterocycles. The van der Waals surface area contributed by atoms with E-state index in [9.17, 15) is 9.59 Å². The van der Waals surface area contributed by atoms with Gasteiger partial charge in [0.1, 0.15) is 0 Å². The summed E-state index contributed by atoms with van der Waals surface area (Å²) in [6, 6.07) is 27.3. The minimum Gasteiger partial charge on any atom is -0.466 e. The van der Waals surface area contributed by atoms with E-state index in [2.05, 4.69) is 14.9 Å². The number of hydrogen-bond donors (Lipinski definition) is 1. The SMILES string of the molecule is CCOC(=O)C[C@H](NC(=O)CSc1ncc(-c2ccccc2)n1-c1ccccc1)c1ccc(C)cc1. The third-order valence-corrected chi connectivity index (χ3v) is 6.59. The van der Waals surface area contributed by atoms with Crippen molar-refractivity contribution in [1.29, 1.82) is 0 Å². The lowest BCUT2D eigenvalue weighted by atomic mass is 10.0. The summed E-state index contributed by atoms with van der Waals surface area (Å²) in [4.78, 5) is 29.8. The molecule has 0 unspecified atom stereocenters. The number of para-hydroxylation sites is 1. The molecule has 3 aromatic carbocycles. The van der Waals surface area contributed by atoms with Crippen LogP contribution in [0, 0.1) is 6.92 Å². The Morgan fingerprint density at radius 1 is 0.972 bits per heavy atom. The lowest BCUT2D eigenvalue weighted by Gasteiger charge is -2.19. The van der Waals surface area contributed by atoms with Gasteiger partial charge >= 0.3 is 5.97 Å². The first-order chi connectivity index (χ1) is 17.5. The normalized spacial score (nSPS) is 11.6. The summed E-state index contributed by atoms with van der Waals surface area (Å²) in [5, 5.41) is 3.73. The molecule has 0 radical (unpaired) electrons. The van der Waals surface area contributed by atoms with E-state index in [-0.39, 0.29) is 24.1 Å². The van der Waals surface area contributed by atoms with Crippen molar-refractivity contribution in [2.24, 2.45) is 0 Å². The van der Waals surface area contributed by atoms with E-state index in [1.54, 1.807) is 6.92 Å². The monoisotopic (exact) mass is 499 g/mol. The smallest absolute Gasteiger partial charge is 0.308 e. The molecule has 0 aliphatic heterocycles. The van der Waals surface area contributed by atoms with Crippen LogP contribution in [0.15, 0.2) is 96.3 Å². The Balaban J connectivity index is 1.52. The van der Waals surface area contributed by atoms with Crippen molar-refractivity contribution in [1.82, 2.24) is 14.9 Å². The number of carbonyl (C=O) groups excluding carboxylic acids is 2. The maximum Gasteiger partial charge on any atom is 0.308 e. The first-order valence-electron chi connectivity index (χ1n) is 11.9. The van der Waals surface area contributed by atoms with Crippen molar-refractivity contribution in [3.63, 3.8) is 0 Å². The van der Waals surface area contributed by atoms with Gasteiger partial charge in [-0.25, -0.2) is 4.98 Å². The van der Waals surface area contributed by atoms with Gasteiger partial charge in [0.15, 0.2) is 5.16 Å². The van der Waals surface area contributed by atoms with Gasteiger partial charge in [-0.3, -0.25) is 14.2 Å². The lowest BCUT2D eigenvalue weighted by molar-refractivity contribution is -0.143. The zero-order valence-electron chi connectivity index (χ0n) is 20.4. The second-order valence-electron chi connectivity index (χ2n) is 8.29.